The number of aliphatic hydroxyl groups is 3. The molecule has 0 saturated heterocycles. The molecule has 0 rings (SSSR count). The summed E-state index contributed by atoms with van der Waals surface area (Å²) in [4.78, 5) is 33.6. The van der Waals surface area contributed by atoms with Gasteiger partial charge in [0.25, 0.3) is 17.7 Å². The van der Waals surface area contributed by atoms with Crippen LogP contribution >= 0.6 is 0 Å². The third kappa shape index (κ3) is 2.81. The molecule has 0 aliphatic heterocycles. The van der Waals surface area contributed by atoms with Crippen LogP contribution in [0.1, 0.15) is 20.8 Å². The molecule has 3 unspecified atom stereocenters. The Hall–Kier alpha value is -1.75. The van der Waals surface area contributed by atoms with Gasteiger partial charge in [-0.2, -0.15) is 4.90 Å². The molecule has 0 aromatic heterocycles. The fourth-order valence-electron chi connectivity index (χ4n) is 1.60. The lowest BCUT2D eigenvalue weighted by atomic mass is 10.0. The van der Waals surface area contributed by atoms with Crippen LogP contribution in [0.2, 0.25) is 0 Å². The average Bonchev–Trinajstić information content (AvgIpc) is 2.14. The van der Waals surface area contributed by atoms with Crippen LogP contribution in [-0.4, -0.2) is 55.1 Å². The zero-order valence-electron chi connectivity index (χ0n) is 10.7. The zero-order chi connectivity index (χ0) is 15.8. The van der Waals surface area contributed by atoms with Crippen LogP contribution < -0.4 is 17.2 Å². The molecule has 9 N–H and O–H groups in total. The molecule has 0 aromatic rings. The summed E-state index contributed by atoms with van der Waals surface area (Å²) in [5, 5.41) is 29.8. The van der Waals surface area contributed by atoms with Gasteiger partial charge < -0.3 is 32.5 Å². The normalized spacial score (nSPS) is 21.0. The molecule has 110 valence electrons. The van der Waals surface area contributed by atoms with Gasteiger partial charge in [-0.1, -0.05) is 0 Å². The van der Waals surface area contributed by atoms with Crippen LogP contribution in [0.3, 0.4) is 0 Å². The first-order valence-corrected chi connectivity index (χ1v) is 5.07. The minimum atomic E-state index is -2.78. The minimum absolute atomic E-state index is 0.0278. The lowest BCUT2D eigenvalue weighted by Gasteiger charge is -2.48. The zero-order valence-corrected chi connectivity index (χ0v) is 10.7. The quantitative estimate of drug-likeness (QED) is 0.265. The highest BCUT2D eigenvalue weighted by Crippen LogP contribution is 2.30. The minimum Gasteiger partial charge on any atom is -0.367 e. The number of carbonyl (C=O) groups excluding carboxylic acids is 3. The molecule has 0 saturated carbocycles. The molecule has 3 amide bonds. The first-order chi connectivity index (χ1) is 8.20. The standard InChI is InChI=1S/C9H18N4O6/c1-7(17,4(10)14)13(8(2,18)5(11)15)9(3,19)6(12)16/h17-19H,1-3H3,(H2,10,14)(H2,11,15)(H2,12,16). The first kappa shape index (κ1) is 17.2. The molecule has 10 heteroatoms. The van der Waals surface area contributed by atoms with Crippen molar-refractivity contribution in [3.63, 3.8) is 0 Å². The maximum atomic E-state index is 11.2. The van der Waals surface area contributed by atoms with Crippen LogP contribution in [0.15, 0.2) is 0 Å². The molecule has 0 radical (unpaired) electrons. The van der Waals surface area contributed by atoms with E-state index in [2.05, 4.69) is 0 Å². The van der Waals surface area contributed by atoms with Gasteiger partial charge in [-0.25, -0.2) is 0 Å². The molecule has 3 atom stereocenters. The molecular weight excluding hydrogens is 260 g/mol. The van der Waals surface area contributed by atoms with E-state index < -0.39 is 34.9 Å². The van der Waals surface area contributed by atoms with E-state index in [9.17, 15) is 29.7 Å². The SMILES string of the molecule is CC(O)(C(N)=O)N(C(C)(O)C(N)=O)C(C)(O)C(N)=O. The van der Waals surface area contributed by atoms with Crippen molar-refractivity contribution in [2.75, 3.05) is 0 Å². The highest BCUT2D eigenvalue weighted by molar-refractivity contribution is 5.90. The number of nitrogens with two attached hydrogens (primary N) is 3. The van der Waals surface area contributed by atoms with Crippen molar-refractivity contribution in [2.24, 2.45) is 17.2 Å². The Labute approximate surface area is 108 Å². The summed E-state index contributed by atoms with van der Waals surface area (Å²) in [5.74, 6) is -4.35. The molecule has 10 nitrogen and oxygen atoms in total. The molecule has 0 bridgehead atoms. The number of carbonyl (C=O) groups is 3. The Balaban J connectivity index is 6.16. The van der Waals surface area contributed by atoms with Crippen molar-refractivity contribution in [2.45, 2.75) is 37.9 Å². The fraction of sp³-hybridized carbons (Fsp3) is 0.667. The molecule has 0 heterocycles. The molecule has 0 aromatic carbocycles. The number of nitrogens with zero attached hydrogens (tertiary/aromatic N) is 1. The van der Waals surface area contributed by atoms with Gasteiger partial charge in [-0.3, -0.25) is 14.4 Å². The summed E-state index contributed by atoms with van der Waals surface area (Å²) in [5.41, 5.74) is 6.38. The van der Waals surface area contributed by atoms with E-state index in [0.717, 1.165) is 20.8 Å². The van der Waals surface area contributed by atoms with Crippen LogP contribution in [0.25, 0.3) is 0 Å². The molecule has 0 aliphatic carbocycles. The van der Waals surface area contributed by atoms with Gasteiger partial charge >= 0.3 is 0 Å². The summed E-state index contributed by atoms with van der Waals surface area (Å²) >= 11 is 0. The number of hydrogen-bond acceptors (Lipinski definition) is 7. The van der Waals surface area contributed by atoms with Gasteiger partial charge in [0.15, 0.2) is 0 Å². The van der Waals surface area contributed by atoms with Gasteiger partial charge in [0.2, 0.25) is 17.2 Å². The van der Waals surface area contributed by atoms with Gasteiger partial charge in [-0.15, -0.1) is 0 Å². The summed E-state index contributed by atoms with van der Waals surface area (Å²) < 4.78 is 0. The molecule has 19 heavy (non-hydrogen) atoms. The van der Waals surface area contributed by atoms with Gasteiger partial charge in [-0.05, 0) is 20.8 Å². The number of hydrogen-bond donors (Lipinski definition) is 6. The lowest BCUT2D eigenvalue weighted by Crippen LogP contribution is -2.76. The second-order valence-corrected chi connectivity index (χ2v) is 4.49. The average molecular weight is 278 g/mol. The van der Waals surface area contributed by atoms with Crippen molar-refractivity contribution in [3.8, 4) is 0 Å². The summed E-state index contributed by atoms with van der Waals surface area (Å²) in [6.45, 7) is 2.26. The van der Waals surface area contributed by atoms with Gasteiger partial charge in [0.05, 0.1) is 0 Å². The predicted octanol–water partition coefficient (Wildman–Crippen LogP) is -4.13. The van der Waals surface area contributed by atoms with E-state index in [0.29, 0.717) is 0 Å². The fourth-order valence-corrected chi connectivity index (χ4v) is 1.60. The van der Waals surface area contributed by atoms with Crippen molar-refractivity contribution in [1.29, 1.82) is 0 Å². The topological polar surface area (TPSA) is 193 Å². The third-order valence-electron chi connectivity index (χ3n) is 2.71. The highest BCUT2D eigenvalue weighted by Gasteiger charge is 2.58. The molecule has 0 spiro atoms. The number of rotatable bonds is 6. The van der Waals surface area contributed by atoms with Crippen molar-refractivity contribution < 1.29 is 29.7 Å². The smallest absolute Gasteiger partial charge is 0.264 e. The van der Waals surface area contributed by atoms with Crippen molar-refractivity contribution in [1.82, 2.24) is 4.90 Å². The maximum Gasteiger partial charge on any atom is 0.264 e. The molecular formula is C9H18N4O6. The van der Waals surface area contributed by atoms with Crippen LogP contribution in [0.5, 0.6) is 0 Å². The van der Waals surface area contributed by atoms with Crippen molar-refractivity contribution in [3.05, 3.63) is 0 Å². The summed E-state index contributed by atoms with van der Waals surface area (Å²) in [6, 6.07) is 0. The first-order valence-electron chi connectivity index (χ1n) is 5.07. The lowest BCUT2D eigenvalue weighted by molar-refractivity contribution is -0.277. The van der Waals surface area contributed by atoms with E-state index in [4.69, 9.17) is 17.2 Å². The predicted molar refractivity (Wildman–Crippen MR) is 61.3 cm³/mol. The van der Waals surface area contributed by atoms with Crippen LogP contribution in [0.4, 0.5) is 0 Å². The van der Waals surface area contributed by atoms with Crippen LogP contribution in [0, 0.1) is 0 Å². The second kappa shape index (κ2) is 4.74. The Morgan fingerprint density at radius 1 is 0.737 bits per heavy atom. The van der Waals surface area contributed by atoms with E-state index in [1.807, 2.05) is 0 Å². The van der Waals surface area contributed by atoms with Crippen molar-refractivity contribution >= 4 is 17.7 Å². The second-order valence-electron chi connectivity index (χ2n) is 4.49. The Morgan fingerprint density at radius 3 is 1.00 bits per heavy atom. The van der Waals surface area contributed by atoms with E-state index in [1.165, 1.54) is 0 Å². The molecule has 0 aliphatic rings. The number of amides is 3. The monoisotopic (exact) mass is 278 g/mol. The van der Waals surface area contributed by atoms with E-state index in [1.54, 1.807) is 0 Å². The highest BCUT2D eigenvalue weighted by atomic mass is 16.4. The van der Waals surface area contributed by atoms with Gasteiger partial charge in [0.1, 0.15) is 0 Å². The number of primary amides is 3. The summed E-state index contributed by atoms with van der Waals surface area (Å²) in [6.07, 6.45) is 0. The largest absolute Gasteiger partial charge is 0.367 e. The Morgan fingerprint density at radius 2 is 0.895 bits per heavy atom. The third-order valence-corrected chi connectivity index (χ3v) is 2.71. The summed E-state index contributed by atoms with van der Waals surface area (Å²) in [7, 11) is 0. The van der Waals surface area contributed by atoms with E-state index >= 15 is 0 Å². The maximum absolute atomic E-state index is 11.2. The van der Waals surface area contributed by atoms with Crippen LogP contribution in [-0.2, 0) is 14.4 Å². The van der Waals surface area contributed by atoms with E-state index in [-0.39, 0.29) is 4.90 Å². The Kier molecular flexibility index (Phi) is 4.30. The molecule has 0 fully saturated rings. The van der Waals surface area contributed by atoms with Gasteiger partial charge in [0, 0.05) is 0 Å². The Bertz CT molecular complexity index is 355.